The Morgan fingerprint density at radius 3 is 2.43 bits per heavy atom. The second kappa shape index (κ2) is 6.87. The highest BCUT2D eigenvalue weighted by atomic mass is 16.6. The summed E-state index contributed by atoms with van der Waals surface area (Å²) in [5.41, 5.74) is -1.71. The molecule has 0 N–H and O–H groups in total. The van der Waals surface area contributed by atoms with E-state index in [1.54, 1.807) is 32.9 Å². The van der Waals surface area contributed by atoms with Crippen LogP contribution in [0.15, 0.2) is 12.2 Å². The summed E-state index contributed by atoms with van der Waals surface area (Å²) in [6, 6.07) is 0. The van der Waals surface area contributed by atoms with Crippen LogP contribution in [0.1, 0.15) is 52.9 Å². The van der Waals surface area contributed by atoms with E-state index in [2.05, 4.69) is 4.74 Å². The molecule has 0 radical (unpaired) electrons. The summed E-state index contributed by atoms with van der Waals surface area (Å²) in [4.78, 5) is 35.6. The Kier molecular flexibility index (Phi) is 5.70. The van der Waals surface area contributed by atoms with Crippen molar-refractivity contribution < 1.29 is 23.9 Å². The van der Waals surface area contributed by atoms with Gasteiger partial charge in [-0.25, -0.2) is 0 Å². The lowest BCUT2D eigenvalue weighted by molar-refractivity contribution is -0.169. The van der Waals surface area contributed by atoms with Gasteiger partial charge in [0.1, 0.15) is 11.0 Å². The first-order valence-electron chi connectivity index (χ1n) is 7.20. The molecular weight excluding hydrogens is 272 g/mol. The van der Waals surface area contributed by atoms with Gasteiger partial charge in [0.05, 0.1) is 13.5 Å². The van der Waals surface area contributed by atoms with Crippen LogP contribution in [0.4, 0.5) is 0 Å². The molecule has 0 amide bonds. The van der Waals surface area contributed by atoms with Gasteiger partial charge in [-0.15, -0.1) is 0 Å². The SMILES string of the molecule is COC(=O)C/C=C/C[C@@]1(C(=O)OC(C)(C)C)CCCC1=O. The summed E-state index contributed by atoms with van der Waals surface area (Å²) in [6.07, 6.45) is 5.34. The summed E-state index contributed by atoms with van der Waals surface area (Å²) in [6.45, 7) is 5.35. The van der Waals surface area contributed by atoms with Crippen molar-refractivity contribution in [2.75, 3.05) is 7.11 Å². The van der Waals surface area contributed by atoms with Crippen molar-refractivity contribution in [2.45, 2.75) is 58.5 Å². The van der Waals surface area contributed by atoms with E-state index in [1.165, 1.54) is 7.11 Å². The van der Waals surface area contributed by atoms with E-state index in [-0.39, 0.29) is 24.6 Å². The molecule has 21 heavy (non-hydrogen) atoms. The van der Waals surface area contributed by atoms with Crippen molar-refractivity contribution in [1.82, 2.24) is 0 Å². The van der Waals surface area contributed by atoms with Gasteiger partial charge in [0.25, 0.3) is 0 Å². The molecule has 1 rings (SSSR count). The molecule has 5 heteroatoms. The van der Waals surface area contributed by atoms with E-state index in [1.807, 2.05) is 0 Å². The van der Waals surface area contributed by atoms with Crippen molar-refractivity contribution in [3.8, 4) is 0 Å². The number of allylic oxidation sites excluding steroid dienone is 1. The van der Waals surface area contributed by atoms with Crippen LogP contribution in [-0.2, 0) is 23.9 Å². The van der Waals surface area contributed by atoms with E-state index in [0.29, 0.717) is 19.3 Å². The zero-order valence-corrected chi connectivity index (χ0v) is 13.2. The predicted molar refractivity (Wildman–Crippen MR) is 77.5 cm³/mol. The third-order valence-corrected chi connectivity index (χ3v) is 3.48. The molecule has 118 valence electrons. The van der Waals surface area contributed by atoms with Crippen LogP contribution in [0.25, 0.3) is 0 Å². The number of methoxy groups -OCH3 is 1. The Morgan fingerprint density at radius 2 is 1.95 bits per heavy atom. The van der Waals surface area contributed by atoms with Gasteiger partial charge in [-0.1, -0.05) is 12.2 Å². The molecule has 1 saturated carbocycles. The minimum atomic E-state index is -1.08. The zero-order chi connectivity index (χ0) is 16.1. The molecule has 1 aliphatic carbocycles. The Hall–Kier alpha value is -1.65. The number of ketones is 1. The molecule has 0 aromatic heterocycles. The van der Waals surface area contributed by atoms with E-state index in [9.17, 15) is 14.4 Å². The van der Waals surface area contributed by atoms with Crippen molar-refractivity contribution in [3.05, 3.63) is 12.2 Å². The van der Waals surface area contributed by atoms with Crippen LogP contribution < -0.4 is 0 Å². The quantitative estimate of drug-likeness (QED) is 0.443. The highest BCUT2D eigenvalue weighted by molar-refractivity contribution is 6.05. The zero-order valence-electron chi connectivity index (χ0n) is 13.2. The maximum atomic E-state index is 12.4. The standard InChI is InChI=1S/C16H24O5/c1-15(2,3)21-14(19)16(11-7-8-12(16)17)10-6-5-9-13(18)20-4/h5-6H,7-11H2,1-4H3/b6-5+/t16-/m1/s1. The molecule has 0 spiro atoms. The monoisotopic (exact) mass is 296 g/mol. The largest absolute Gasteiger partial charge is 0.469 e. The van der Waals surface area contributed by atoms with Gasteiger partial charge in [0.15, 0.2) is 5.78 Å². The lowest BCUT2D eigenvalue weighted by Gasteiger charge is -2.29. The van der Waals surface area contributed by atoms with Crippen LogP contribution in [0.2, 0.25) is 0 Å². The number of carbonyl (C=O) groups is 3. The fraction of sp³-hybridized carbons (Fsp3) is 0.688. The van der Waals surface area contributed by atoms with Crippen LogP contribution >= 0.6 is 0 Å². The fourth-order valence-corrected chi connectivity index (χ4v) is 2.37. The molecule has 1 fully saturated rings. The Bertz CT molecular complexity index is 444. The van der Waals surface area contributed by atoms with Gasteiger partial charge in [0.2, 0.25) is 0 Å². The molecule has 0 bridgehead atoms. The van der Waals surface area contributed by atoms with Crippen LogP contribution in [-0.4, -0.2) is 30.4 Å². The molecule has 1 aliphatic rings. The predicted octanol–water partition coefficient (Wildman–Crippen LogP) is 2.58. The average molecular weight is 296 g/mol. The second-order valence-electron chi connectivity index (χ2n) is 6.32. The van der Waals surface area contributed by atoms with Crippen molar-refractivity contribution >= 4 is 17.7 Å². The maximum absolute atomic E-state index is 12.4. The van der Waals surface area contributed by atoms with E-state index < -0.39 is 17.0 Å². The highest BCUT2D eigenvalue weighted by Crippen LogP contribution is 2.40. The normalized spacial score (nSPS) is 22.6. The average Bonchev–Trinajstić information content (AvgIpc) is 2.75. The maximum Gasteiger partial charge on any atom is 0.320 e. The Labute approximate surface area is 125 Å². The number of rotatable bonds is 5. The van der Waals surface area contributed by atoms with Crippen LogP contribution in [0.3, 0.4) is 0 Å². The first kappa shape index (κ1) is 17.4. The minimum Gasteiger partial charge on any atom is -0.469 e. The third-order valence-electron chi connectivity index (χ3n) is 3.48. The van der Waals surface area contributed by atoms with Gasteiger partial charge in [-0.2, -0.15) is 0 Å². The molecule has 0 aromatic carbocycles. The lowest BCUT2D eigenvalue weighted by atomic mass is 9.81. The number of hydrogen-bond acceptors (Lipinski definition) is 5. The van der Waals surface area contributed by atoms with E-state index in [4.69, 9.17) is 4.74 Å². The summed E-state index contributed by atoms with van der Waals surface area (Å²) in [7, 11) is 1.32. The molecular formula is C16H24O5. The number of Topliss-reactive ketones (excluding diaryl/α,β-unsaturated/α-hetero) is 1. The van der Waals surface area contributed by atoms with E-state index >= 15 is 0 Å². The number of ether oxygens (including phenoxy) is 2. The highest BCUT2D eigenvalue weighted by Gasteiger charge is 2.49. The molecule has 0 aromatic rings. The van der Waals surface area contributed by atoms with Gasteiger partial charge < -0.3 is 9.47 Å². The molecule has 0 saturated heterocycles. The van der Waals surface area contributed by atoms with Crippen molar-refractivity contribution in [3.63, 3.8) is 0 Å². The summed E-state index contributed by atoms with van der Waals surface area (Å²) in [5.74, 6) is -0.880. The van der Waals surface area contributed by atoms with Crippen molar-refractivity contribution in [2.24, 2.45) is 5.41 Å². The van der Waals surface area contributed by atoms with E-state index in [0.717, 1.165) is 0 Å². The minimum absolute atomic E-state index is 0.0699. The molecule has 0 heterocycles. The lowest BCUT2D eigenvalue weighted by Crippen LogP contribution is -2.40. The number of esters is 2. The number of carbonyl (C=O) groups excluding carboxylic acids is 3. The van der Waals surface area contributed by atoms with Gasteiger partial charge in [-0.05, 0) is 40.0 Å². The molecule has 5 nitrogen and oxygen atoms in total. The number of hydrogen-bond donors (Lipinski definition) is 0. The van der Waals surface area contributed by atoms with Crippen LogP contribution in [0, 0.1) is 5.41 Å². The summed E-state index contributed by atoms with van der Waals surface area (Å²) < 4.78 is 9.94. The topological polar surface area (TPSA) is 69.7 Å². The smallest absolute Gasteiger partial charge is 0.320 e. The second-order valence-corrected chi connectivity index (χ2v) is 6.32. The molecule has 1 atom stereocenters. The molecule has 0 unspecified atom stereocenters. The van der Waals surface area contributed by atoms with Gasteiger partial charge in [-0.3, -0.25) is 14.4 Å². The fourth-order valence-electron chi connectivity index (χ4n) is 2.37. The summed E-state index contributed by atoms with van der Waals surface area (Å²) >= 11 is 0. The third kappa shape index (κ3) is 4.69. The van der Waals surface area contributed by atoms with Crippen LogP contribution in [0.5, 0.6) is 0 Å². The first-order valence-corrected chi connectivity index (χ1v) is 7.20. The van der Waals surface area contributed by atoms with Gasteiger partial charge >= 0.3 is 11.9 Å². The Morgan fingerprint density at radius 1 is 1.29 bits per heavy atom. The molecule has 0 aliphatic heterocycles. The van der Waals surface area contributed by atoms with Gasteiger partial charge in [0, 0.05) is 6.42 Å². The summed E-state index contributed by atoms with van der Waals surface area (Å²) in [5, 5.41) is 0. The first-order chi connectivity index (χ1) is 9.71. The Balaban J connectivity index is 2.79. The van der Waals surface area contributed by atoms with Crippen molar-refractivity contribution in [1.29, 1.82) is 0 Å².